The highest BCUT2D eigenvalue weighted by molar-refractivity contribution is 6.30. The van der Waals surface area contributed by atoms with Gasteiger partial charge in [0.05, 0.1) is 18.4 Å². The van der Waals surface area contributed by atoms with Crippen LogP contribution in [-0.2, 0) is 18.4 Å². The second-order valence-electron chi connectivity index (χ2n) is 5.18. The Balaban J connectivity index is 1.93. The van der Waals surface area contributed by atoms with Crippen molar-refractivity contribution < 1.29 is 4.74 Å². The Hall–Kier alpha value is -0.540. The second-order valence-corrected chi connectivity index (χ2v) is 5.54. The van der Waals surface area contributed by atoms with Gasteiger partial charge < -0.3 is 4.74 Å². The van der Waals surface area contributed by atoms with Gasteiger partial charge in [-0.15, -0.1) is 0 Å². The summed E-state index contributed by atoms with van der Waals surface area (Å²) in [4.78, 5) is 0. The van der Waals surface area contributed by atoms with E-state index < -0.39 is 0 Å². The summed E-state index contributed by atoms with van der Waals surface area (Å²) in [5.74, 6) is 0.791. The second kappa shape index (κ2) is 5.40. The van der Waals surface area contributed by atoms with Crippen LogP contribution in [0.25, 0.3) is 0 Å². The summed E-state index contributed by atoms with van der Waals surface area (Å²) in [6, 6.07) is 0. The van der Waals surface area contributed by atoms with Gasteiger partial charge in [-0.1, -0.05) is 31.4 Å². The molecular formula is C13H21ClN2O. The third-order valence-corrected chi connectivity index (χ3v) is 4.09. The minimum atomic E-state index is 0.398. The fraction of sp³-hybridized carbons (Fsp3) is 0.769. The highest BCUT2D eigenvalue weighted by Gasteiger charge is 2.20. The first-order valence-electron chi connectivity index (χ1n) is 6.37. The van der Waals surface area contributed by atoms with Gasteiger partial charge in [-0.05, 0) is 25.7 Å². The van der Waals surface area contributed by atoms with Gasteiger partial charge >= 0.3 is 0 Å². The van der Waals surface area contributed by atoms with Crippen molar-refractivity contribution in [1.29, 1.82) is 0 Å². The monoisotopic (exact) mass is 256 g/mol. The zero-order valence-corrected chi connectivity index (χ0v) is 11.6. The molecule has 1 heterocycles. The van der Waals surface area contributed by atoms with Crippen molar-refractivity contribution in [3.63, 3.8) is 0 Å². The molecule has 3 nitrogen and oxygen atoms in total. The van der Waals surface area contributed by atoms with Crippen LogP contribution in [0.5, 0.6) is 0 Å². The van der Waals surface area contributed by atoms with Crippen LogP contribution in [0.15, 0.2) is 0 Å². The van der Waals surface area contributed by atoms with Gasteiger partial charge in [0.1, 0.15) is 5.15 Å². The molecule has 0 aromatic carbocycles. The number of hydrogen-bond donors (Lipinski definition) is 0. The summed E-state index contributed by atoms with van der Waals surface area (Å²) in [5.41, 5.74) is 2.01. The molecule has 0 bridgehead atoms. The van der Waals surface area contributed by atoms with E-state index in [1.54, 1.807) is 4.68 Å². The Bertz CT molecular complexity index is 389. The van der Waals surface area contributed by atoms with Crippen molar-refractivity contribution >= 4 is 11.6 Å². The van der Waals surface area contributed by atoms with Crippen LogP contribution < -0.4 is 0 Å². The SMILES string of the molecule is Cc1nn(C)c(Cl)c1COC1CCCC(C)C1. The van der Waals surface area contributed by atoms with Gasteiger partial charge in [0.25, 0.3) is 0 Å². The van der Waals surface area contributed by atoms with Crippen LogP contribution in [0.4, 0.5) is 0 Å². The van der Waals surface area contributed by atoms with E-state index in [9.17, 15) is 0 Å². The lowest BCUT2D eigenvalue weighted by Gasteiger charge is -2.26. The minimum absolute atomic E-state index is 0.398. The van der Waals surface area contributed by atoms with Gasteiger partial charge in [-0.3, -0.25) is 4.68 Å². The van der Waals surface area contributed by atoms with E-state index >= 15 is 0 Å². The molecule has 17 heavy (non-hydrogen) atoms. The van der Waals surface area contributed by atoms with Gasteiger partial charge in [0, 0.05) is 12.6 Å². The Morgan fingerprint density at radius 1 is 1.47 bits per heavy atom. The zero-order chi connectivity index (χ0) is 12.4. The van der Waals surface area contributed by atoms with Crippen molar-refractivity contribution in [2.24, 2.45) is 13.0 Å². The lowest BCUT2D eigenvalue weighted by Crippen LogP contribution is -2.21. The van der Waals surface area contributed by atoms with Gasteiger partial charge in [0.2, 0.25) is 0 Å². The van der Waals surface area contributed by atoms with E-state index in [4.69, 9.17) is 16.3 Å². The number of ether oxygens (including phenoxy) is 1. The predicted molar refractivity (Wildman–Crippen MR) is 69.2 cm³/mol. The van der Waals surface area contributed by atoms with Gasteiger partial charge in [-0.25, -0.2) is 0 Å². The van der Waals surface area contributed by atoms with Crippen LogP contribution in [0.2, 0.25) is 5.15 Å². The van der Waals surface area contributed by atoms with E-state index in [2.05, 4.69) is 12.0 Å². The quantitative estimate of drug-likeness (QED) is 0.828. The molecule has 0 spiro atoms. The molecule has 1 aromatic rings. The molecule has 0 radical (unpaired) electrons. The first-order valence-corrected chi connectivity index (χ1v) is 6.75. The topological polar surface area (TPSA) is 27.1 Å². The van der Waals surface area contributed by atoms with E-state index in [0.717, 1.165) is 17.2 Å². The van der Waals surface area contributed by atoms with Crippen molar-refractivity contribution in [3.8, 4) is 0 Å². The number of halogens is 1. The van der Waals surface area contributed by atoms with Crippen LogP contribution in [0.3, 0.4) is 0 Å². The average Bonchev–Trinajstić information content (AvgIpc) is 2.51. The standard InChI is InChI=1S/C13H21ClN2O/c1-9-5-4-6-11(7-9)17-8-12-10(2)15-16(3)13(12)14/h9,11H,4-8H2,1-3H3. The van der Waals surface area contributed by atoms with E-state index in [1.807, 2.05) is 14.0 Å². The summed E-state index contributed by atoms with van der Waals surface area (Å²) in [6.07, 6.45) is 5.38. The van der Waals surface area contributed by atoms with E-state index in [-0.39, 0.29) is 0 Å². The zero-order valence-electron chi connectivity index (χ0n) is 10.9. The van der Waals surface area contributed by atoms with Gasteiger partial charge in [0.15, 0.2) is 0 Å². The Labute approximate surface area is 108 Å². The Morgan fingerprint density at radius 2 is 2.24 bits per heavy atom. The van der Waals surface area contributed by atoms with Crippen molar-refractivity contribution in [2.75, 3.05) is 0 Å². The largest absolute Gasteiger partial charge is 0.373 e. The number of rotatable bonds is 3. The van der Waals surface area contributed by atoms with Crippen LogP contribution >= 0.6 is 11.6 Å². The number of hydrogen-bond acceptors (Lipinski definition) is 2. The summed E-state index contributed by atoms with van der Waals surface area (Å²) in [6.45, 7) is 4.88. The number of aryl methyl sites for hydroxylation is 2. The molecule has 4 heteroatoms. The molecule has 1 aliphatic rings. The molecule has 0 N–H and O–H groups in total. The third-order valence-electron chi connectivity index (χ3n) is 3.62. The molecule has 1 aliphatic carbocycles. The number of nitrogens with zero attached hydrogens (tertiary/aromatic N) is 2. The first kappa shape index (κ1) is 12.9. The minimum Gasteiger partial charge on any atom is -0.373 e. The molecule has 1 fully saturated rings. The van der Waals surface area contributed by atoms with E-state index in [0.29, 0.717) is 17.9 Å². The number of aromatic nitrogens is 2. The molecule has 0 amide bonds. The van der Waals surface area contributed by atoms with E-state index in [1.165, 1.54) is 25.7 Å². The normalized spacial score (nSPS) is 25.2. The average molecular weight is 257 g/mol. The smallest absolute Gasteiger partial charge is 0.132 e. The lowest BCUT2D eigenvalue weighted by molar-refractivity contribution is 0.00449. The molecule has 2 atom stereocenters. The Morgan fingerprint density at radius 3 is 2.82 bits per heavy atom. The van der Waals surface area contributed by atoms with Crippen molar-refractivity contribution in [3.05, 3.63) is 16.4 Å². The fourth-order valence-electron chi connectivity index (χ4n) is 2.57. The predicted octanol–water partition coefficient (Wildman–Crippen LogP) is 3.48. The molecule has 2 rings (SSSR count). The molecule has 1 aromatic heterocycles. The molecule has 96 valence electrons. The maximum Gasteiger partial charge on any atom is 0.132 e. The van der Waals surface area contributed by atoms with Crippen LogP contribution in [-0.4, -0.2) is 15.9 Å². The molecule has 0 saturated heterocycles. The lowest BCUT2D eigenvalue weighted by atomic mass is 9.89. The van der Waals surface area contributed by atoms with Gasteiger partial charge in [-0.2, -0.15) is 5.10 Å². The third kappa shape index (κ3) is 3.02. The maximum atomic E-state index is 6.18. The molecule has 0 aliphatic heterocycles. The van der Waals surface area contributed by atoms with Crippen molar-refractivity contribution in [1.82, 2.24) is 9.78 Å². The summed E-state index contributed by atoms with van der Waals surface area (Å²) >= 11 is 6.18. The highest BCUT2D eigenvalue weighted by atomic mass is 35.5. The van der Waals surface area contributed by atoms with Crippen LogP contribution in [0, 0.1) is 12.8 Å². The summed E-state index contributed by atoms with van der Waals surface area (Å²) < 4.78 is 7.68. The fourth-order valence-corrected chi connectivity index (χ4v) is 2.80. The molecular weight excluding hydrogens is 236 g/mol. The molecule has 1 saturated carbocycles. The van der Waals surface area contributed by atoms with Crippen molar-refractivity contribution in [2.45, 2.75) is 52.2 Å². The Kier molecular flexibility index (Phi) is 4.10. The molecule has 2 unspecified atom stereocenters. The highest BCUT2D eigenvalue weighted by Crippen LogP contribution is 2.27. The van der Waals surface area contributed by atoms with Crippen LogP contribution in [0.1, 0.15) is 43.9 Å². The summed E-state index contributed by atoms with van der Waals surface area (Å²) in [7, 11) is 1.86. The maximum absolute atomic E-state index is 6.18. The first-order chi connectivity index (χ1) is 8.08. The summed E-state index contributed by atoms with van der Waals surface area (Å²) in [5, 5.41) is 4.99.